The number of anilines is 1. The number of nitrogen functional groups attached to an aromatic ring is 1. The van der Waals surface area contributed by atoms with Crippen LogP contribution in [0.1, 0.15) is 45.1 Å². The molecule has 0 bridgehead atoms. The lowest BCUT2D eigenvalue weighted by Crippen LogP contribution is -2.04. The Labute approximate surface area is 144 Å². The molecule has 1 aromatic carbocycles. The van der Waals surface area contributed by atoms with E-state index in [-0.39, 0.29) is 0 Å². The van der Waals surface area contributed by atoms with Crippen molar-refractivity contribution in [1.29, 1.82) is 0 Å². The standard InChI is InChI=1S/C16H23Br2NO2/c1-3-5-7-20-14-9-12(10-16(17)18)13(19)11-15(14)21-8-6-4-2/h9-11H,3-8,19H2,1-2H3. The van der Waals surface area contributed by atoms with Crippen molar-refractivity contribution < 1.29 is 9.47 Å². The second-order valence-electron chi connectivity index (χ2n) is 4.77. The average Bonchev–Trinajstić information content (AvgIpc) is 2.43. The van der Waals surface area contributed by atoms with Crippen LogP contribution < -0.4 is 15.2 Å². The molecular weight excluding hydrogens is 398 g/mol. The van der Waals surface area contributed by atoms with Crippen molar-refractivity contribution in [2.75, 3.05) is 18.9 Å². The molecule has 1 rings (SSSR count). The smallest absolute Gasteiger partial charge is 0.163 e. The van der Waals surface area contributed by atoms with Crippen LogP contribution in [0.4, 0.5) is 5.69 Å². The molecular formula is C16H23Br2NO2. The first-order valence-corrected chi connectivity index (χ1v) is 8.88. The predicted octanol–water partition coefficient (Wildman–Crippen LogP) is 5.71. The largest absolute Gasteiger partial charge is 0.490 e. The number of hydrogen-bond donors (Lipinski definition) is 1. The summed E-state index contributed by atoms with van der Waals surface area (Å²) in [5.41, 5.74) is 7.64. The summed E-state index contributed by atoms with van der Waals surface area (Å²) in [4.78, 5) is 0. The van der Waals surface area contributed by atoms with Crippen LogP contribution in [0.25, 0.3) is 6.08 Å². The molecule has 0 saturated carbocycles. The maximum absolute atomic E-state index is 6.08. The number of rotatable bonds is 9. The fraction of sp³-hybridized carbons (Fsp3) is 0.500. The van der Waals surface area contributed by atoms with Crippen LogP contribution in [0.3, 0.4) is 0 Å². The minimum Gasteiger partial charge on any atom is -0.490 e. The maximum atomic E-state index is 6.08. The molecule has 0 aromatic heterocycles. The van der Waals surface area contributed by atoms with Gasteiger partial charge in [0.05, 0.1) is 16.6 Å². The van der Waals surface area contributed by atoms with Crippen LogP contribution in [0.2, 0.25) is 0 Å². The Bertz CT molecular complexity index is 472. The third kappa shape index (κ3) is 6.74. The number of hydrogen-bond acceptors (Lipinski definition) is 3. The summed E-state index contributed by atoms with van der Waals surface area (Å²) < 4.78 is 12.5. The summed E-state index contributed by atoms with van der Waals surface area (Å²) in [5.74, 6) is 1.47. The normalized spacial score (nSPS) is 10.3. The highest BCUT2D eigenvalue weighted by Crippen LogP contribution is 2.35. The van der Waals surface area contributed by atoms with Crippen LogP contribution in [0.5, 0.6) is 11.5 Å². The van der Waals surface area contributed by atoms with Crippen molar-refractivity contribution in [1.82, 2.24) is 0 Å². The molecule has 0 spiro atoms. The first-order valence-electron chi connectivity index (χ1n) is 7.30. The highest BCUT2D eigenvalue weighted by atomic mass is 79.9. The molecule has 21 heavy (non-hydrogen) atoms. The van der Waals surface area contributed by atoms with E-state index in [1.807, 2.05) is 18.2 Å². The number of benzene rings is 1. The second kappa shape index (κ2) is 10.1. The molecule has 0 amide bonds. The molecule has 1 aromatic rings. The van der Waals surface area contributed by atoms with Gasteiger partial charge in [0.25, 0.3) is 0 Å². The molecule has 0 heterocycles. The molecule has 0 unspecified atom stereocenters. The van der Waals surface area contributed by atoms with Gasteiger partial charge in [-0.05, 0) is 56.8 Å². The van der Waals surface area contributed by atoms with Crippen molar-refractivity contribution in [3.8, 4) is 11.5 Å². The zero-order valence-corrected chi connectivity index (χ0v) is 15.8. The number of halogens is 2. The number of unbranched alkanes of at least 4 members (excludes halogenated alkanes) is 2. The monoisotopic (exact) mass is 419 g/mol. The Morgan fingerprint density at radius 3 is 2.05 bits per heavy atom. The van der Waals surface area contributed by atoms with Gasteiger partial charge in [-0.15, -0.1) is 0 Å². The first kappa shape index (κ1) is 18.4. The van der Waals surface area contributed by atoms with Gasteiger partial charge < -0.3 is 15.2 Å². The van der Waals surface area contributed by atoms with Crippen molar-refractivity contribution in [3.63, 3.8) is 0 Å². The van der Waals surface area contributed by atoms with Gasteiger partial charge in [0.1, 0.15) is 0 Å². The van der Waals surface area contributed by atoms with E-state index in [1.165, 1.54) is 0 Å². The molecule has 0 aliphatic rings. The topological polar surface area (TPSA) is 44.5 Å². The third-order valence-electron chi connectivity index (χ3n) is 2.92. The summed E-state index contributed by atoms with van der Waals surface area (Å²) in [6.07, 6.45) is 6.13. The lowest BCUT2D eigenvalue weighted by atomic mass is 10.1. The molecule has 118 valence electrons. The second-order valence-corrected chi connectivity index (χ2v) is 7.54. The van der Waals surface area contributed by atoms with Gasteiger partial charge in [-0.1, -0.05) is 26.7 Å². The summed E-state index contributed by atoms with van der Waals surface area (Å²) in [6.45, 7) is 5.64. The average molecular weight is 421 g/mol. The van der Waals surface area contributed by atoms with E-state index < -0.39 is 0 Å². The SMILES string of the molecule is CCCCOc1cc(N)c(C=C(Br)Br)cc1OCCCC. The van der Waals surface area contributed by atoms with Crippen LogP contribution in [-0.4, -0.2) is 13.2 Å². The molecule has 2 N–H and O–H groups in total. The van der Waals surface area contributed by atoms with Gasteiger partial charge in [0.2, 0.25) is 0 Å². The Morgan fingerprint density at radius 1 is 1.05 bits per heavy atom. The molecule has 0 atom stereocenters. The summed E-state index contributed by atoms with van der Waals surface area (Å²) >= 11 is 6.71. The predicted molar refractivity (Wildman–Crippen MR) is 97.5 cm³/mol. The Kier molecular flexibility index (Phi) is 8.85. The molecule has 5 heteroatoms. The van der Waals surface area contributed by atoms with Crippen LogP contribution in [-0.2, 0) is 0 Å². The molecule has 0 aliphatic heterocycles. The fourth-order valence-corrected chi connectivity index (χ4v) is 2.21. The zero-order valence-electron chi connectivity index (χ0n) is 12.6. The fourth-order valence-electron chi connectivity index (χ4n) is 1.71. The lowest BCUT2D eigenvalue weighted by molar-refractivity contribution is 0.262. The van der Waals surface area contributed by atoms with Gasteiger partial charge >= 0.3 is 0 Å². The highest BCUT2D eigenvalue weighted by molar-refractivity contribution is 9.28. The molecule has 0 fully saturated rings. The zero-order chi connectivity index (χ0) is 15.7. The van der Waals surface area contributed by atoms with Crippen molar-refractivity contribution in [3.05, 3.63) is 21.1 Å². The molecule has 0 aliphatic carbocycles. The molecule has 0 radical (unpaired) electrons. The first-order chi connectivity index (χ1) is 10.1. The molecule has 3 nitrogen and oxygen atoms in total. The highest BCUT2D eigenvalue weighted by Gasteiger charge is 2.10. The van der Waals surface area contributed by atoms with E-state index in [0.717, 1.165) is 46.1 Å². The van der Waals surface area contributed by atoms with E-state index in [9.17, 15) is 0 Å². The summed E-state index contributed by atoms with van der Waals surface area (Å²) in [5, 5.41) is 0. The van der Waals surface area contributed by atoms with Crippen molar-refractivity contribution in [2.24, 2.45) is 0 Å². The Hall–Kier alpha value is -0.680. The summed E-state index contributed by atoms with van der Waals surface area (Å²) in [6, 6.07) is 3.76. The van der Waals surface area contributed by atoms with Crippen molar-refractivity contribution >= 4 is 43.6 Å². The maximum Gasteiger partial charge on any atom is 0.163 e. The van der Waals surface area contributed by atoms with Crippen molar-refractivity contribution in [2.45, 2.75) is 39.5 Å². The Morgan fingerprint density at radius 2 is 1.57 bits per heavy atom. The van der Waals surface area contributed by atoms with Crippen LogP contribution >= 0.6 is 31.9 Å². The van der Waals surface area contributed by atoms with Crippen LogP contribution in [0.15, 0.2) is 15.5 Å². The van der Waals surface area contributed by atoms with Gasteiger partial charge in [-0.3, -0.25) is 0 Å². The van der Waals surface area contributed by atoms with E-state index in [0.29, 0.717) is 18.9 Å². The van der Waals surface area contributed by atoms with Gasteiger partial charge in [-0.25, -0.2) is 0 Å². The minimum atomic E-state index is 0.667. The van der Waals surface area contributed by atoms with Gasteiger partial charge in [-0.2, -0.15) is 0 Å². The number of ether oxygens (including phenoxy) is 2. The van der Waals surface area contributed by atoms with Crippen LogP contribution in [0, 0.1) is 0 Å². The number of nitrogens with two attached hydrogens (primary N) is 1. The van der Waals surface area contributed by atoms with Gasteiger partial charge in [0, 0.05) is 17.3 Å². The van der Waals surface area contributed by atoms with Gasteiger partial charge in [0.15, 0.2) is 11.5 Å². The molecule has 0 saturated heterocycles. The van der Waals surface area contributed by atoms with E-state index >= 15 is 0 Å². The summed E-state index contributed by atoms with van der Waals surface area (Å²) in [7, 11) is 0. The quantitative estimate of drug-likeness (QED) is 0.410. The van der Waals surface area contributed by atoms with E-state index in [4.69, 9.17) is 15.2 Å². The van der Waals surface area contributed by atoms with E-state index in [1.54, 1.807) is 0 Å². The van der Waals surface area contributed by atoms with E-state index in [2.05, 4.69) is 45.7 Å². The Balaban J connectivity index is 2.97. The third-order valence-corrected chi connectivity index (χ3v) is 3.38. The lowest BCUT2D eigenvalue weighted by Gasteiger charge is -2.15. The minimum absolute atomic E-state index is 0.667.